The topological polar surface area (TPSA) is 76.2 Å². The fourth-order valence-electron chi connectivity index (χ4n) is 1.21. The van der Waals surface area contributed by atoms with Crippen LogP contribution in [0.15, 0.2) is 6.20 Å². The summed E-state index contributed by atoms with van der Waals surface area (Å²) in [5, 5.41) is 6.68. The van der Waals surface area contributed by atoms with E-state index in [2.05, 4.69) is 10.4 Å². The van der Waals surface area contributed by atoms with Gasteiger partial charge in [-0.15, -0.1) is 0 Å². The second-order valence-electron chi connectivity index (χ2n) is 3.63. The van der Waals surface area contributed by atoms with Crippen LogP contribution < -0.4 is 11.1 Å². The van der Waals surface area contributed by atoms with Gasteiger partial charge in [-0.3, -0.25) is 9.48 Å². The van der Waals surface area contributed by atoms with Gasteiger partial charge in [-0.1, -0.05) is 0 Å². The Morgan fingerprint density at radius 1 is 1.67 bits per heavy atom. The first-order valence-corrected chi connectivity index (χ1v) is 4.72. The van der Waals surface area contributed by atoms with Gasteiger partial charge in [0.2, 0.25) is 0 Å². The predicted molar refractivity (Wildman–Crippen MR) is 58.5 cm³/mol. The fraction of sp³-hybridized carbons (Fsp3) is 0.556. The highest BCUT2D eigenvalue weighted by atomic mass is 16.2. The highest BCUT2D eigenvalue weighted by molar-refractivity contribution is 5.97. The van der Waals surface area contributed by atoms with Crippen LogP contribution in [0.4, 0.5) is 5.69 Å². The van der Waals surface area contributed by atoms with Gasteiger partial charge in [0.1, 0.15) is 5.69 Å². The standard InChI is InChI=1S/C9H17N5O/c1-13(2)5-4-11-9(15)8-7(10)6-12-14(8)3/h6H,4-5,10H2,1-3H3,(H,11,15). The first kappa shape index (κ1) is 11.5. The van der Waals surface area contributed by atoms with Crippen molar-refractivity contribution in [1.82, 2.24) is 20.0 Å². The normalized spacial score (nSPS) is 10.7. The van der Waals surface area contributed by atoms with Gasteiger partial charge in [0, 0.05) is 20.1 Å². The number of anilines is 1. The summed E-state index contributed by atoms with van der Waals surface area (Å²) in [5.41, 5.74) is 6.43. The van der Waals surface area contributed by atoms with E-state index in [0.29, 0.717) is 17.9 Å². The summed E-state index contributed by atoms with van der Waals surface area (Å²) >= 11 is 0. The van der Waals surface area contributed by atoms with E-state index in [4.69, 9.17) is 5.73 Å². The molecule has 0 saturated heterocycles. The van der Waals surface area contributed by atoms with Crippen LogP contribution in [0.1, 0.15) is 10.5 Å². The Labute approximate surface area is 89.0 Å². The number of amides is 1. The van der Waals surface area contributed by atoms with Crippen LogP contribution in [-0.4, -0.2) is 47.8 Å². The third-order valence-corrected chi connectivity index (χ3v) is 2.03. The molecule has 0 spiro atoms. The summed E-state index contributed by atoms with van der Waals surface area (Å²) in [4.78, 5) is 13.7. The van der Waals surface area contributed by atoms with Crippen LogP contribution in [0.3, 0.4) is 0 Å². The summed E-state index contributed by atoms with van der Waals surface area (Å²) in [6, 6.07) is 0. The molecule has 1 heterocycles. The smallest absolute Gasteiger partial charge is 0.271 e. The van der Waals surface area contributed by atoms with Crippen molar-refractivity contribution < 1.29 is 4.79 Å². The number of likely N-dealkylation sites (N-methyl/N-ethyl adjacent to an activating group) is 1. The molecule has 3 N–H and O–H groups in total. The zero-order valence-electron chi connectivity index (χ0n) is 9.32. The predicted octanol–water partition coefficient (Wildman–Crippen LogP) is -0.706. The van der Waals surface area contributed by atoms with Gasteiger partial charge in [-0.2, -0.15) is 5.10 Å². The largest absolute Gasteiger partial charge is 0.396 e. The van der Waals surface area contributed by atoms with Crippen molar-refractivity contribution >= 4 is 11.6 Å². The van der Waals surface area contributed by atoms with Crippen LogP contribution in [0.5, 0.6) is 0 Å². The molecule has 0 aliphatic rings. The molecular formula is C9H17N5O. The Balaban J connectivity index is 2.54. The van der Waals surface area contributed by atoms with Crippen LogP contribution in [-0.2, 0) is 7.05 Å². The first-order valence-electron chi connectivity index (χ1n) is 4.72. The number of nitrogen functional groups attached to an aromatic ring is 1. The van der Waals surface area contributed by atoms with E-state index in [1.807, 2.05) is 19.0 Å². The van der Waals surface area contributed by atoms with E-state index in [-0.39, 0.29) is 5.91 Å². The number of rotatable bonds is 4. The minimum atomic E-state index is -0.186. The maximum atomic E-state index is 11.7. The molecule has 0 aliphatic heterocycles. The monoisotopic (exact) mass is 211 g/mol. The highest BCUT2D eigenvalue weighted by Gasteiger charge is 2.13. The van der Waals surface area contributed by atoms with E-state index in [0.717, 1.165) is 6.54 Å². The summed E-state index contributed by atoms with van der Waals surface area (Å²) in [7, 11) is 5.59. The molecule has 0 saturated carbocycles. The van der Waals surface area contributed by atoms with Crippen molar-refractivity contribution in [2.24, 2.45) is 7.05 Å². The molecule has 0 atom stereocenters. The van der Waals surface area contributed by atoms with E-state index in [1.54, 1.807) is 7.05 Å². The quantitative estimate of drug-likeness (QED) is 0.690. The lowest BCUT2D eigenvalue weighted by atomic mass is 10.3. The van der Waals surface area contributed by atoms with E-state index >= 15 is 0 Å². The average molecular weight is 211 g/mol. The van der Waals surface area contributed by atoms with Gasteiger partial charge in [-0.25, -0.2) is 0 Å². The third kappa shape index (κ3) is 2.95. The van der Waals surface area contributed by atoms with Crippen LogP contribution in [0.2, 0.25) is 0 Å². The minimum absolute atomic E-state index is 0.186. The molecule has 6 heteroatoms. The van der Waals surface area contributed by atoms with Gasteiger partial charge >= 0.3 is 0 Å². The maximum absolute atomic E-state index is 11.7. The number of nitrogens with one attached hydrogen (secondary N) is 1. The molecule has 0 aromatic carbocycles. The summed E-state index contributed by atoms with van der Waals surface area (Å²) in [6.07, 6.45) is 1.47. The van der Waals surface area contributed by atoms with Crippen molar-refractivity contribution in [2.75, 3.05) is 32.9 Å². The number of carbonyl (C=O) groups is 1. The number of hydrogen-bond donors (Lipinski definition) is 2. The average Bonchev–Trinajstić information content (AvgIpc) is 2.45. The Kier molecular flexibility index (Phi) is 3.68. The molecule has 1 aromatic heterocycles. The molecule has 1 aromatic rings. The molecule has 0 bridgehead atoms. The van der Waals surface area contributed by atoms with Gasteiger partial charge in [0.05, 0.1) is 11.9 Å². The third-order valence-electron chi connectivity index (χ3n) is 2.03. The van der Waals surface area contributed by atoms with Crippen LogP contribution in [0.25, 0.3) is 0 Å². The summed E-state index contributed by atoms with van der Waals surface area (Å²) in [6.45, 7) is 1.39. The van der Waals surface area contributed by atoms with E-state index in [1.165, 1.54) is 10.9 Å². The lowest BCUT2D eigenvalue weighted by Crippen LogP contribution is -2.32. The van der Waals surface area contributed by atoms with Crippen molar-refractivity contribution in [3.05, 3.63) is 11.9 Å². The number of nitrogens with two attached hydrogens (primary N) is 1. The fourth-order valence-corrected chi connectivity index (χ4v) is 1.21. The number of hydrogen-bond acceptors (Lipinski definition) is 4. The summed E-state index contributed by atoms with van der Waals surface area (Å²) < 4.78 is 1.47. The lowest BCUT2D eigenvalue weighted by molar-refractivity contribution is 0.0942. The second-order valence-corrected chi connectivity index (χ2v) is 3.63. The van der Waals surface area contributed by atoms with Gasteiger partial charge in [-0.05, 0) is 14.1 Å². The molecule has 1 rings (SSSR count). The zero-order chi connectivity index (χ0) is 11.4. The SMILES string of the molecule is CN(C)CCNC(=O)c1c(N)cnn1C. The maximum Gasteiger partial charge on any atom is 0.271 e. The Bertz CT molecular complexity index is 325. The van der Waals surface area contributed by atoms with Crippen molar-refractivity contribution in [3.63, 3.8) is 0 Å². The van der Waals surface area contributed by atoms with Crippen molar-refractivity contribution in [1.29, 1.82) is 0 Å². The second kappa shape index (κ2) is 4.79. The molecule has 15 heavy (non-hydrogen) atoms. The van der Waals surface area contributed by atoms with Gasteiger partial charge < -0.3 is 16.0 Å². The van der Waals surface area contributed by atoms with E-state index < -0.39 is 0 Å². The van der Waals surface area contributed by atoms with Crippen molar-refractivity contribution in [3.8, 4) is 0 Å². The summed E-state index contributed by atoms with van der Waals surface area (Å²) in [5.74, 6) is -0.186. The zero-order valence-corrected chi connectivity index (χ0v) is 9.32. The Hall–Kier alpha value is -1.56. The van der Waals surface area contributed by atoms with Gasteiger partial charge in [0.25, 0.3) is 5.91 Å². The number of carbonyl (C=O) groups excluding carboxylic acids is 1. The molecular weight excluding hydrogens is 194 g/mol. The Morgan fingerprint density at radius 2 is 2.33 bits per heavy atom. The molecule has 84 valence electrons. The number of aryl methyl sites for hydroxylation is 1. The molecule has 1 amide bonds. The molecule has 0 radical (unpaired) electrons. The minimum Gasteiger partial charge on any atom is -0.396 e. The molecule has 6 nitrogen and oxygen atoms in total. The highest BCUT2D eigenvalue weighted by Crippen LogP contribution is 2.08. The van der Waals surface area contributed by atoms with Crippen molar-refractivity contribution in [2.45, 2.75) is 0 Å². The first-order chi connectivity index (χ1) is 7.02. The lowest BCUT2D eigenvalue weighted by Gasteiger charge is -2.10. The number of nitrogens with zero attached hydrogens (tertiary/aromatic N) is 3. The van der Waals surface area contributed by atoms with Gasteiger partial charge in [0.15, 0.2) is 0 Å². The molecule has 0 fully saturated rings. The van der Waals surface area contributed by atoms with Crippen LogP contribution in [0, 0.1) is 0 Å². The number of aromatic nitrogens is 2. The molecule has 0 unspecified atom stereocenters. The van der Waals surface area contributed by atoms with Crippen LogP contribution >= 0.6 is 0 Å². The molecule has 0 aliphatic carbocycles. The van der Waals surface area contributed by atoms with E-state index in [9.17, 15) is 4.79 Å². The Morgan fingerprint density at radius 3 is 2.80 bits per heavy atom.